The molecule has 1 aromatic rings. The lowest BCUT2D eigenvalue weighted by atomic mass is 10.1. The van der Waals surface area contributed by atoms with E-state index in [2.05, 4.69) is 10.1 Å². The summed E-state index contributed by atoms with van der Waals surface area (Å²) in [6.45, 7) is 2.24. The number of aromatic nitrogens is 1. The van der Waals surface area contributed by atoms with Gasteiger partial charge in [-0.25, -0.2) is 4.79 Å². The maximum atomic E-state index is 11.7. The third-order valence-corrected chi connectivity index (χ3v) is 4.11. The summed E-state index contributed by atoms with van der Waals surface area (Å²) in [7, 11) is 0. The van der Waals surface area contributed by atoms with Crippen molar-refractivity contribution in [3.8, 4) is 0 Å². The highest BCUT2D eigenvalue weighted by Gasteiger charge is 2.17. The highest BCUT2D eigenvalue weighted by atomic mass is 35.5. The van der Waals surface area contributed by atoms with Gasteiger partial charge >= 0.3 is 5.97 Å². The molecule has 1 atom stereocenters. The Morgan fingerprint density at radius 2 is 2.11 bits per heavy atom. The number of ether oxygens (including phenoxy) is 1. The minimum absolute atomic E-state index is 0.0971. The van der Waals surface area contributed by atoms with Crippen LogP contribution in [0, 0.1) is 0 Å². The molecule has 0 bridgehead atoms. The summed E-state index contributed by atoms with van der Waals surface area (Å²) in [6.07, 6.45) is 6.85. The second-order valence-corrected chi connectivity index (χ2v) is 6.61. The molecule has 1 aliphatic rings. The van der Waals surface area contributed by atoms with Crippen LogP contribution >= 0.6 is 11.8 Å². The number of hydrogen-bond acceptors (Lipinski definition) is 8. The first-order valence-electron chi connectivity index (χ1n) is 8.83. The average Bonchev–Trinajstić information content (AvgIpc) is 2.66. The van der Waals surface area contributed by atoms with Crippen molar-refractivity contribution in [3.05, 3.63) is 42.2 Å². The Morgan fingerprint density at radius 3 is 2.79 bits per heavy atom. The molecular formula is C18H22ClN3O6. The van der Waals surface area contributed by atoms with Crippen molar-refractivity contribution in [1.82, 2.24) is 4.90 Å². The molecule has 2 rings (SSSR count). The fourth-order valence-corrected chi connectivity index (χ4v) is 2.81. The number of nitrogens with zero attached hydrogens (tertiary/aromatic N) is 3. The molecule has 0 spiro atoms. The number of piperidine rings is 1. The van der Waals surface area contributed by atoms with Crippen molar-refractivity contribution in [2.75, 3.05) is 26.2 Å². The number of carboxylic acids is 1. The van der Waals surface area contributed by atoms with Crippen LogP contribution in [0.3, 0.4) is 0 Å². The first-order chi connectivity index (χ1) is 13.4. The summed E-state index contributed by atoms with van der Waals surface area (Å²) < 4.78 is 6.21. The van der Waals surface area contributed by atoms with Crippen LogP contribution in [-0.4, -0.2) is 60.2 Å². The zero-order valence-electron chi connectivity index (χ0n) is 15.2. The van der Waals surface area contributed by atoms with Crippen molar-refractivity contribution in [3.63, 3.8) is 0 Å². The quantitative estimate of drug-likeness (QED) is 0.199. The lowest BCUT2D eigenvalue weighted by molar-refractivity contribution is -0.519. The molecule has 9 nitrogen and oxygen atoms in total. The number of aliphatic hydroxyl groups excluding tert-OH is 1. The number of carboxylic acid groups (broad SMARTS) is 1. The van der Waals surface area contributed by atoms with E-state index in [0.29, 0.717) is 24.3 Å². The Hall–Kier alpha value is -2.49. The summed E-state index contributed by atoms with van der Waals surface area (Å²) in [6, 6.07) is 3.16. The molecular weight excluding hydrogens is 390 g/mol. The zero-order valence-corrected chi connectivity index (χ0v) is 16.0. The summed E-state index contributed by atoms with van der Waals surface area (Å²) >= 11 is 5.86. The van der Waals surface area contributed by atoms with E-state index in [1.165, 1.54) is 16.7 Å². The van der Waals surface area contributed by atoms with Crippen molar-refractivity contribution >= 4 is 29.6 Å². The van der Waals surface area contributed by atoms with Crippen molar-refractivity contribution < 1.29 is 33.5 Å². The highest BCUT2D eigenvalue weighted by Crippen LogP contribution is 2.09. The summed E-state index contributed by atoms with van der Waals surface area (Å²) in [5.74, 6) is -2.75. The molecule has 152 valence electrons. The van der Waals surface area contributed by atoms with Crippen LogP contribution in [0.15, 0.2) is 41.8 Å². The Kier molecular flexibility index (Phi) is 8.86. The molecule has 2 heterocycles. The number of rotatable bonds is 8. The topological polar surface area (TPSA) is 115 Å². The zero-order chi connectivity index (χ0) is 20.4. The minimum atomic E-state index is -1.54. The lowest BCUT2D eigenvalue weighted by Crippen LogP contribution is -2.38. The number of pyridine rings is 1. The molecule has 0 saturated carbocycles. The SMILES string of the molecule is O=C([O-])C=CC(=O)O/C(=N\OCC(O)CN1CCCCC1)c1ccc[n+](Cl)c1. The molecule has 0 aromatic carbocycles. The first kappa shape index (κ1) is 21.8. The van der Waals surface area contributed by atoms with Gasteiger partial charge in [0.05, 0.1) is 5.97 Å². The number of hydrogen-bond donors (Lipinski definition) is 1. The van der Waals surface area contributed by atoms with Gasteiger partial charge in [0, 0.05) is 18.7 Å². The predicted octanol–water partition coefficient (Wildman–Crippen LogP) is -0.650. The number of β-amino-alcohol motifs (C(OH)–C–C–N with tert-alkyl or cyclic N) is 1. The van der Waals surface area contributed by atoms with Gasteiger partial charge in [-0.15, -0.1) is 0 Å². The molecule has 1 saturated heterocycles. The molecule has 10 heteroatoms. The number of aliphatic hydroxyl groups is 1. The number of carbonyl (C=O) groups is 2. The van der Waals surface area contributed by atoms with Gasteiger partial charge in [0.1, 0.15) is 18.3 Å². The third kappa shape index (κ3) is 8.03. The summed E-state index contributed by atoms with van der Waals surface area (Å²) in [4.78, 5) is 29.4. The first-order valence-corrected chi connectivity index (χ1v) is 9.17. The Bertz CT molecular complexity index is 734. The van der Waals surface area contributed by atoms with Crippen molar-refractivity contribution in [1.29, 1.82) is 0 Å². The fourth-order valence-electron chi connectivity index (χ4n) is 2.64. The van der Waals surface area contributed by atoms with E-state index < -0.39 is 18.0 Å². The van der Waals surface area contributed by atoms with Crippen LogP contribution in [-0.2, 0) is 19.2 Å². The lowest BCUT2D eigenvalue weighted by Gasteiger charge is -2.27. The van der Waals surface area contributed by atoms with Crippen LogP contribution in [0.25, 0.3) is 0 Å². The minimum Gasteiger partial charge on any atom is -0.545 e. The maximum Gasteiger partial charge on any atom is 0.337 e. The number of carbonyl (C=O) groups excluding carboxylic acids is 2. The van der Waals surface area contributed by atoms with Gasteiger partial charge in [-0.2, -0.15) is 0 Å². The van der Waals surface area contributed by atoms with E-state index in [4.69, 9.17) is 21.4 Å². The van der Waals surface area contributed by atoms with Gasteiger partial charge in [0.2, 0.25) is 6.20 Å². The molecule has 0 amide bonds. The number of oxime groups is 1. The Labute approximate surface area is 167 Å². The molecule has 0 aliphatic carbocycles. The number of likely N-dealkylation sites (tertiary alicyclic amines) is 1. The van der Waals surface area contributed by atoms with Crippen LogP contribution in [0.1, 0.15) is 24.8 Å². The standard InChI is InChI=1S/C18H22ClN3O6/c19-22-10-4-5-14(11-22)18(28-17(26)7-6-16(24)25)20-27-13-15(23)12-21-8-2-1-3-9-21/h4-7,10-11,15,23H,1-3,8-9,12-13H2/b7-6?,20-18-. The van der Waals surface area contributed by atoms with Crippen LogP contribution in [0.4, 0.5) is 0 Å². The van der Waals surface area contributed by atoms with E-state index in [1.54, 1.807) is 18.3 Å². The number of esters is 1. The second kappa shape index (κ2) is 11.4. The summed E-state index contributed by atoms with van der Waals surface area (Å²) in [5.41, 5.74) is 0.318. The molecule has 1 aliphatic heterocycles. The van der Waals surface area contributed by atoms with Gasteiger partial charge in [0.15, 0.2) is 6.20 Å². The molecule has 28 heavy (non-hydrogen) atoms. The van der Waals surface area contributed by atoms with E-state index >= 15 is 0 Å². The molecule has 1 unspecified atom stereocenters. The largest absolute Gasteiger partial charge is 0.545 e. The summed E-state index contributed by atoms with van der Waals surface area (Å²) in [5, 5.41) is 24.3. The van der Waals surface area contributed by atoms with E-state index in [0.717, 1.165) is 25.9 Å². The normalized spacial score (nSPS) is 16.7. The molecule has 1 N–H and O–H groups in total. The van der Waals surface area contributed by atoms with Crippen LogP contribution in [0.5, 0.6) is 0 Å². The third-order valence-electron chi connectivity index (χ3n) is 3.90. The molecule has 0 radical (unpaired) electrons. The molecule has 1 aromatic heterocycles. The fraction of sp³-hybridized carbons (Fsp3) is 0.444. The Morgan fingerprint density at radius 1 is 1.36 bits per heavy atom. The van der Waals surface area contributed by atoms with Gasteiger partial charge < -0.3 is 29.5 Å². The number of halogens is 1. The molecule has 1 fully saturated rings. The van der Waals surface area contributed by atoms with E-state index in [1.807, 2.05) is 0 Å². The average molecular weight is 412 g/mol. The van der Waals surface area contributed by atoms with Gasteiger partial charge in [-0.3, -0.25) is 0 Å². The number of aliphatic carboxylic acids is 1. The monoisotopic (exact) mass is 411 g/mol. The maximum absolute atomic E-state index is 11.7. The highest BCUT2D eigenvalue weighted by molar-refractivity contribution is 6.05. The van der Waals surface area contributed by atoms with E-state index in [-0.39, 0.29) is 12.5 Å². The van der Waals surface area contributed by atoms with Gasteiger partial charge in [-0.05, 0) is 43.2 Å². The second-order valence-electron chi connectivity index (χ2n) is 6.22. The predicted molar refractivity (Wildman–Crippen MR) is 96.9 cm³/mol. The van der Waals surface area contributed by atoms with Gasteiger partial charge in [-0.1, -0.05) is 10.5 Å². The van der Waals surface area contributed by atoms with Crippen molar-refractivity contribution in [2.24, 2.45) is 5.16 Å². The van der Waals surface area contributed by atoms with E-state index in [9.17, 15) is 19.8 Å². The van der Waals surface area contributed by atoms with Crippen LogP contribution in [0.2, 0.25) is 0 Å². The van der Waals surface area contributed by atoms with Gasteiger partial charge in [0.25, 0.3) is 17.7 Å². The van der Waals surface area contributed by atoms with Crippen LogP contribution < -0.4 is 9.19 Å². The smallest absolute Gasteiger partial charge is 0.337 e. The van der Waals surface area contributed by atoms with Crippen molar-refractivity contribution in [2.45, 2.75) is 25.4 Å². The Balaban J connectivity index is 1.99.